The van der Waals surface area contributed by atoms with Gasteiger partial charge in [0.1, 0.15) is 11.3 Å². The van der Waals surface area contributed by atoms with Crippen molar-refractivity contribution in [1.29, 1.82) is 0 Å². The topological polar surface area (TPSA) is 68.5 Å². The molecule has 0 saturated heterocycles. The van der Waals surface area contributed by atoms with Crippen LogP contribution in [0.15, 0.2) is 51.7 Å². The Kier molecular flexibility index (Phi) is 6.49. The summed E-state index contributed by atoms with van der Waals surface area (Å²) in [6.45, 7) is 9.05. The van der Waals surface area contributed by atoms with E-state index >= 15 is 0 Å². The number of hydrogen-bond donors (Lipinski definition) is 1. The third kappa shape index (κ3) is 5.12. The molecule has 0 aliphatic heterocycles. The first kappa shape index (κ1) is 20.8. The van der Waals surface area contributed by atoms with Gasteiger partial charge in [0.15, 0.2) is 5.43 Å². The second-order valence-corrected chi connectivity index (χ2v) is 7.54. The van der Waals surface area contributed by atoms with Crippen LogP contribution in [-0.4, -0.2) is 25.2 Å². The summed E-state index contributed by atoms with van der Waals surface area (Å²) in [4.78, 5) is 24.8. The molecular formula is C24H27NO4. The van der Waals surface area contributed by atoms with Gasteiger partial charge >= 0.3 is 0 Å². The molecule has 0 fully saturated rings. The summed E-state index contributed by atoms with van der Waals surface area (Å²) in [6, 6.07) is 12.4. The van der Waals surface area contributed by atoms with Crippen LogP contribution < -0.4 is 10.7 Å². The molecule has 3 aromatic rings. The highest BCUT2D eigenvalue weighted by atomic mass is 16.5. The van der Waals surface area contributed by atoms with Gasteiger partial charge < -0.3 is 14.5 Å². The van der Waals surface area contributed by atoms with Crippen molar-refractivity contribution < 1.29 is 13.9 Å². The van der Waals surface area contributed by atoms with E-state index in [-0.39, 0.29) is 17.4 Å². The number of benzene rings is 2. The zero-order chi connectivity index (χ0) is 21.0. The van der Waals surface area contributed by atoms with Crippen LogP contribution in [0.4, 0.5) is 0 Å². The number of hydrogen-bond acceptors (Lipinski definition) is 4. The smallest absolute Gasteiger partial charge is 0.251 e. The van der Waals surface area contributed by atoms with E-state index in [9.17, 15) is 9.59 Å². The van der Waals surface area contributed by atoms with Crippen LogP contribution in [-0.2, 0) is 4.74 Å². The number of carbonyl (C=O) groups excluding carboxylic acids is 1. The predicted octanol–water partition coefficient (Wildman–Crippen LogP) is 4.62. The fourth-order valence-corrected chi connectivity index (χ4v) is 3.23. The van der Waals surface area contributed by atoms with Crippen LogP contribution in [0, 0.1) is 13.8 Å². The minimum Gasteiger partial charge on any atom is -0.456 e. The maximum atomic E-state index is 12.5. The zero-order valence-corrected chi connectivity index (χ0v) is 17.4. The van der Waals surface area contributed by atoms with Crippen molar-refractivity contribution in [2.45, 2.75) is 40.2 Å². The molecule has 0 radical (unpaired) electrons. The molecule has 5 nitrogen and oxygen atoms in total. The molecule has 0 saturated carbocycles. The molecule has 0 unspecified atom stereocenters. The summed E-state index contributed by atoms with van der Waals surface area (Å²) in [5.74, 6) is 0.361. The maximum absolute atomic E-state index is 12.5. The molecule has 1 aromatic heterocycles. The van der Waals surface area contributed by atoms with E-state index in [0.717, 1.165) is 23.1 Å². The summed E-state index contributed by atoms with van der Waals surface area (Å²) in [5, 5.41) is 3.47. The Hall–Kier alpha value is -2.92. The Morgan fingerprint density at radius 2 is 1.83 bits per heavy atom. The number of aryl methyl sites for hydroxylation is 2. The van der Waals surface area contributed by atoms with Gasteiger partial charge in [0.05, 0.1) is 11.5 Å². The van der Waals surface area contributed by atoms with Crippen molar-refractivity contribution >= 4 is 16.9 Å². The van der Waals surface area contributed by atoms with E-state index in [4.69, 9.17) is 9.15 Å². The van der Waals surface area contributed by atoms with Crippen molar-refractivity contribution in [3.05, 3.63) is 69.4 Å². The van der Waals surface area contributed by atoms with E-state index in [2.05, 4.69) is 5.32 Å². The molecule has 3 rings (SSSR count). The van der Waals surface area contributed by atoms with Crippen molar-refractivity contribution in [2.75, 3.05) is 13.2 Å². The minimum absolute atomic E-state index is 0.0708. The van der Waals surface area contributed by atoms with E-state index in [0.29, 0.717) is 35.4 Å². The molecule has 1 heterocycles. The SMILES string of the molecule is Cc1cc(C)c2oc(-c3ccc(C(=O)NCCCOC(C)C)cc3)cc(=O)c2c1. The van der Waals surface area contributed by atoms with E-state index < -0.39 is 0 Å². The summed E-state index contributed by atoms with van der Waals surface area (Å²) >= 11 is 0. The molecule has 0 aliphatic carbocycles. The molecule has 152 valence electrons. The lowest BCUT2D eigenvalue weighted by Gasteiger charge is -2.09. The van der Waals surface area contributed by atoms with Gasteiger partial charge in [0.25, 0.3) is 5.91 Å². The van der Waals surface area contributed by atoms with Crippen LogP contribution in [0.25, 0.3) is 22.3 Å². The van der Waals surface area contributed by atoms with Gasteiger partial charge in [-0.25, -0.2) is 0 Å². The summed E-state index contributed by atoms with van der Waals surface area (Å²) < 4.78 is 11.5. The van der Waals surface area contributed by atoms with Crippen LogP contribution in [0.2, 0.25) is 0 Å². The van der Waals surface area contributed by atoms with Crippen molar-refractivity contribution in [2.24, 2.45) is 0 Å². The number of amides is 1. The zero-order valence-electron chi connectivity index (χ0n) is 17.4. The highest BCUT2D eigenvalue weighted by Gasteiger charge is 2.11. The normalized spacial score (nSPS) is 11.2. The molecule has 1 amide bonds. The quantitative estimate of drug-likeness (QED) is 0.595. The van der Waals surface area contributed by atoms with E-state index in [1.165, 1.54) is 6.07 Å². The highest BCUT2D eigenvalue weighted by molar-refractivity contribution is 5.94. The second-order valence-electron chi connectivity index (χ2n) is 7.54. The first-order valence-corrected chi connectivity index (χ1v) is 9.90. The van der Waals surface area contributed by atoms with Gasteiger partial charge in [-0.05, 0) is 63.4 Å². The van der Waals surface area contributed by atoms with Gasteiger partial charge in [-0.1, -0.05) is 18.2 Å². The molecule has 5 heteroatoms. The van der Waals surface area contributed by atoms with E-state index in [1.54, 1.807) is 24.3 Å². The molecule has 2 aromatic carbocycles. The second kappa shape index (κ2) is 9.05. The average molecular weight is 393 g/mol. The van der Waals surface area contributed by atoms with Crippen LogP contribution >= 0.6 is 0 Å². The van der Waals surface area contributed by atoms with Gasteiger partial charge in [0.2, 0.25) is 0 Å². The Morgan fingerprint density at radius 3 is 2.52 bits per heavy atom. The first-order valence-electron chi connectivity index (χ1n) is 9.90. The van der Waals surface area contributed by atoms with Gasteiger partial charge in [-0.15, -0.1) is 0 Å². The Labute approximate surface area is 170 Å². The number of fused-ring (bicyclic) bond motifs is 1. The number of carbonyl (C=O) groups is 1. The first-order chi connectivity index (χ1) is 13.8. The summed E-state index contributed by atoms with van der Waals surface area (Å²) in [7, 11) is 0. The molecule has 0 spiro atoms. The van der Waals surface area contributed by atoms with Gasteiger partial charge in [0, 0.05) is 30.3 Å². The third-order valence-corrected chi connectivity index (χ3v) is 4.65. The summed E-state index contributed by atoms with van der Waals surface area (Å²) in [5.41, 5.74) is 3.80. The monoisotopic (exact) mass is 393 g/mol. The third-order valence-electron chi connectivity index (χ3n) is 4.65. The highest BCUT2D eigenvalue weighted by Crippen LogP contribution is 2.25. The predicted molar refractivity (Wildman–Crippen MR) is 115 cm³/mol. The van der Waals surface area contributed by atoms with Gasteiger partial charge in [-0.2, -0.15) is 0 Å². The van der Waals surface area contributed by atoms with Crippen molar-refractivity contribution in [1.82, 2.24) is 5.32 Å². The molecule has 0 atom stereocenters. The average Bonchev–Trinajstić information content (AvgIpc) is 2.68. The Balaban J connectivity index is 1.73. The summed E-state index contributed by atoms with van der Waals surface area (Å²) in [6.07, 6.45) is 0.963. The van der Waals surface area contributed by atoms with E-state index in [1.807, 2.05) is 39.8 Å². The number of rotatable bonds is 7. The number of nitrogens with one attached hydrogen (secondary N) is 1. The lowest BCUT2D eigenvalue weighted by molar-refractivity contribution is 0.0757. The molecule has 29 heavy (non-hydrogen) atoms. The fraction of sp³-hybridized carbons (Fsp3) is 0.333. The lowest BCUT2D eigenvalue weighted by atomic mass is 10.1. The van der Waals surface area contributed by atoms with Crippen molar-refractivity contribution in [3.63, 3.8) is 0 Å². The molecule has 0 aliphatic rings. The minimum atomic E-state index is -0.132. The Bertz CT molecular complexity index is 1060. The lowest BCUT2D eigenvalue weighted by Crippen LogP contribution is -2.25. The van der Waals surface area contributed by atoms with Crippen LogP contribution in [0.3, 0.4) is 0 Å². The standard InChI is InChI=1S/C24H27NO4/c1-15(2)28-11-5-10-25-24(27)19-8-6-18(7-9-19)22-14-21(26)20-13-16(3)12-17(4)23(20)29-22/h6-9,12-15H,5,10-11H2,1-4H3,(H,25,27). The largest absolute Gasteiger partial charge is 0.456 e. The number of ether oxygens (including phenoxy) is 1. The van der Waals surface area contributed by atoms with Crippen LogP contribution in [0.5, 0.6) is 0 Å². The Morgan fingerprint density at radius 1 is 1.10 bits per heavy atom. The van der Waals surface area contributed by atoms with Crippen LogP contribution in [0.1, 0.15) is 41.8 Å². The molecule has 0 bridgehead atoms. The van der Waals surface area contributed by atoms with Crippen molar-refractivity contribution in [3.8, 4) is 11.3 Å². The molecule has 1 N–H and O–H groups in total. The fourth-order valence-electron chi connectivity index (χ4n) is 3.23. The molecular weight excluding hydrogens is 366 g/mol. The maximum Gasteiger partial charge on any atom is 0.251 e. The van der Waals surface area contributed by atoms with Gasteiger partial charge in [-0.3, -0.25) is 9.59 Å².